The zero-order chi connectivity index (χ0) is 18.4. The van der Waals surface area contributed by atoms with E-state index in [2.05, 4.69) is 20.6 Å². The van der Waals surface area contributed by atoms with Crippen molar-refractivity contribution < 1.29 is 4.79 Å². The summed E-state index contributed by atoms with van der Waals surface area (Å²) >= 11 is 0. The van der Waals surface area contributed by atoms with Crippen LogP contribution in [0.3, 0.4) is 0 Å². The Bertz CT molecular complexity index is 864. The molecule has 0 aliphatic carbocycles. The largest absolute Gasteiger partial charge is 0.366 e. The standard InChI is InChI=1S/C21H22N4O/c1-15(2)23-21(26)18-13-19(22-14-16-9-5-3-6-10-16)25-20(24-18)17-11-7-4-8-12-17/h3-13,15H,14H2,1-2H3,(H,23,26)(H,22,24,25). The van der Waals surface area contributed by atoms with E-state index in [9.17, 15) is 4.79 Å². The SMILES string of the molecule is CC(C)NC(=O)c1cc(NCc2ccccc2)nc(-c2ccccc2)n1. The van der Waals surface area contributed by atoms with Crippen molar-refractivity contribution in [1.29, 1.82) is 0 Å². The van der Waals surface area contributed by atoms with Gasteiger partial charge in [-0.25, -0.2) is 9.97 Å². The fourth-order valence-corrected chi connectivity index (χ4v) is 2.50. The average Bonchev–Trinajstić information content (AvgIpc) is 2.67. The van der Waals surface area contributed by atoms with E-state index in [1.54, 1.807) is 6.07 Å². The Hall–Kier alpha value is -3.21. The first-order valence-corrected chi connectivity index (χ1v) is 8.65. The van der Waals surface area contributed by atoms with Gasteiger partial charge in [0.15, 0.2) is 5.82 Å². The number of nitrogens with one attached hydrogen (secondary N) is 2. The summed E-state index contributed by atoms with van der Waals surface area (Å²) in [5.74, 6) is 0.941. The van der Waals surface area contributed by atoms with Crippen molar-refractivity contribution in [2.45, 2.75) is 26.4 Å². The van der Waals surface area contributed by atoms with Crippen molar-refractivity contribution in [3.8, 4) is 11.4 Å². The number of aromatic nitrogens is 2. The predicted octanol–water partition coefficient (Wildman–Crippen LogP) is 3.89. The maximum absolute atomic E-state index is 12.4. The summed E-state index contributed by atoms with van der Waals surface area (Å²) in [7, 11) is 0. The van der Waals surface area contributed by atoms with Crippen molar-refractivity contribution in [2.24, 2.45) is 0 Å². The Kier molecular flexibility index (Phi) is 5.59. The van der Waals surface area contributed by atoms with Gasteiger partial charge in [-0.15, -0.1) is 0 Å². The molecule has 3 aromatic rings. The van der Waals surface area contributed by atoms with E-state index < -0.39 is 0 Å². The number of hydrogen-bond acceptors (Lipinski definition) is 4. The molecule has 2 N–H and O–H groups in total. The van der Waals surface area contributed by atoms with Gasteiger partial charge in [-0.1, -0.05) is 60.7 Å². The molecule has 0 saturated carbocycles. The maximum atomic E-state index is 12.4. The first-order chi connectivity index (χ1) is 12.6. The molecular formula is C21H22N4O. The Morgan fingerprint density at radius 3 is 2.27 bits per heavy atom. The number of nitrogens with zero attached hydrogens (tertiary/aromatic N) is 2. The van der Waals surface area contributed by atoms with Crippen molar-refractivity contribution in [3.63, 3.8) is 0 Å². The highest BCUT2D eigenvalue weighted by Crippen LogP contribution is 2.18. The summed E-state index contributed by atoms with van der Waals surface area (Å²) in [5, 5.41) is 6.17. The molecule has 0 radical (unpaired) electrons. The minimum absolute atomic E-state index is 0.0402. The van der Waals surface area contributed by atoms with Crippen LogP contribution in [0, 0.1) is 0 Å². The van der Waals surface area contributed by atoms with E-state index in [1.807, 2.05) is 74.5 Å². The van der Waals surface area contributed by atoms with Gasteiger partial charge in [0.1, 0.15) is 11.5 Å². The second kappa shape index (κ2) is 8.25. The fourth-order valence-electron chi connectivity index (χ4n) is 2.50. The molecule has 1 heterocycles. The summed E-state index contributed by atoms with van der Waals surface area (Å²) in [6, 6.07) is 21.4. The van der Waals surface area contributed by atoms with Crippen molar-refractivity contribution in [1.82, 2.24) is 15.3 Å². The summed E-state index contributed by atoms with van der Waals surface area (Å²) in [4.78, 5) is 21.5. The number of benzene rings is 2. The maximum Gasteiger partial charge on any atom is 0.270 e. The highest BCUT2D eigenvalue weighted by molar-refractivity contribution is 5.93. The molecule has 5 heteroatoms. The Balaban J connectivity index is 1.90. The normalized spacial score (nSPS) is 10.6. The monoisotopic (exact) mass is 346 g/mol. The van der Waals surface area contributed by atoms with Crippen LogP contribution in [0.5, 0.6) is 0 Å². The number of carbonyl (C=O) groups is 1. The molecule has 0 aliphatic rings. The number of rotatable bonds is 6. The summed E-state index contributed by atoms with van der Waals surface area (Å²) in [5.41, 5.74) is 2.36. The summed E-state index contributed by atoms with van der Waals surface area (Å²) < 4.78 is 0. The summed E-state index contributed by atoms with van der Waals surface area (Å²) in [6.07, 6.45) is 0. The number of hydrogen-bond donors (Lipinski definition) is 2. The predicted molar refractivity (Wildman–Crippen MR) is 104 cm³/mol. The molecule has 0 bridgehead atoms. The topological polar surface area (TPSA) is 66.9 Å². The second-order valence-electron chi connectivity index (χ2n) is 6.30. The zero-order valence-corrected chi connectivity index (χ0v) is 14.9. The van der Waals surface area contributed by atoms with Gasteiger partial charge in [0, 0.05) is 24.2 Å². The van der Waals surface area contributed by atoms with Gasteiger partial charge >= 0.3 is 0 Å². The molecule has 132 valence electrons. The van der Waals surface area contributed by atoms with E-state index in [-0.39, 0.29) is 11.9 Å². The molecule has 2 aromatic carbocycles. The zero-order valence-electron chi connectivity index (χ0n) is 14.9. The van der Waals surface area contributed by atoms with Gasteiger partial charge in [0.05, 0.1) is 0 Å². The van der Waals surface area contributed by atoms with Crippen LogP contribution in [0.25, 0.3) is 11.4 Å². The van der Waals surface area contributed by atoms with Gasteiger partial charge < -0.3 is 10.6 Å². The molecule has 0 aliphatic heterocycles. The van der Waals surface area contributed by atoms with Crippen LogP contribution in [-0.4, -0.2) is 21.9 Å². The van der Waals surface area contributed by atoms with Crippen LogP contribution in [0.4, 0.5) is 5.82 Å². The average molecular weight is 346 g/mol. The van der Waals surface area contributed by atoms with Gasteiger partial charge in [-0.2, -0.15) is 0 Å². The van der Waals surface area contributed by atoms with E-state index in [4.69, 9.17) is 0 Å². The first-order valence-electron chi connectivity index (χ1n) is 8.65. The van der Waals surface area contributed by atoms with E-state index in [0.29, 0.717) is 23.9 Å². The number of anilines is 1. The lowest BCUT2D eigenvalue weighted by Crippen LogP contribution is -2.31. The fraction of sp³-hybridized carbons (Fsp3) is 0.190. The third-order valence-electron chi connectivity index (χ3n) is 3.73. The molecule has 3 rings (SSSR count). The molecule has 0 atom stereocenters. The van der Waals surface area contributed by atoms with Gasteiger partial charge in [0.2, 0.25) is 0 Å². The van der Waals surface area contributed by atoms with Crippen molar-refractivity contribution >= 4 is 11.7 Å². The van der Waals surface area contributed by atoms with Gasteiger partial charge in [-0.05, 0) is 19.4 Å². The Labute approximate surface area is 153 Å². The number of amides is 1. The van der Waals surface area contributed by atoms with Crippen LogP contribution in [-0.2, 0) is 6.54 Å². The Morgan fingerprint density at radius 1 is 0.962 bits per heavy atom. The molecule has 1 amide bonds. The third-order valence-corrected chi connectivity index (χ3v) is 3.73. The van der Waals surface area contributed by atoms with Crippen molar-refractivity contribution in [2.75, 3.05) is 5.32 Å². The third kappa shape index (κ3) is 4.66. The highest BCUT2D eigenvalue weighted by atomic mass is 16.1. The second-order valence-corrected chi connectivity index (χ2v) is 6.30. The molecule has 26 heavy (non-hydrogen) atoms. The highest BCUT2D eigenvalue weighted by Gasteiger charge is 2.13. The van der Waals surface area contributed by atoms with Crippen LogP contribution < -0.4 is 10.6 Å². The molecule has 0 saturated heterocycles. The van der Waals surface area contributed by atoms with Gasteiger partial charge in [-0.3, -0.25) is 4.79 Å². The van der Waals surface area contributed by atoms with Crippen LogP contribution in [0.2, 0.25) is 0 Å². The molecule has 1 aromatic heterocycles. The van der Waals surface area contributed by atoms with Gasteiger partial charge in [0.25, 0.3) is 5.91 Å². The lowest BCUT2D eigenvalue weighted by Gasteiger charge is -2.12. The number of carbonyl (C=O) groups excluding carboxylic acids is 1. The minimum Gasteiger partial charge on any atom is -0.366 e. The molecule has 0 unspecified atom stereocenters. The van der Waals surface area contributed by atoms with E-state index >= 15 is 0 Å². The molecular weight excluding hydrogens is 324 g/mol. The van der Waals surface area contributed by atoms with E-state index in [1.165, 1.54) is 0 Å². The molecule has 0 spiro atoms. The van der Waals surface area contributed by atoms with E-state index in [0.717, 1.165) is 11.1 Å². The smallest absolute Gasteiger partial charge is 0.270 e. The minimum atomic E-state index is -0.206. The van der Waals surface area contributed by atoms with Crippen LogP contribution >= 0.6 is 0 Å². The molecule has 0 fully saturated rings. The lowest BCUT2D eigenvalue weighted by molar-refractivity contribution is 0.0938. The van der Waals surface area contributed by atoms with Crippen molar-refractivity contribution in [3.05, 3.63) is 78.0 Å². The quantitative estimate of drug-likeness (QED) is 0.710. The molecule has 5 nitrogen and oxygen atoms in total. The van der Waals surface area contributed by atoms with Crippen LogP contribution in [0.1, 0.15) is 29.9 Å². The van der Waals surface area contributed by atoms with Crippen LogP contribution in [0.15, 0.2) is 66.7 Å². The Morgan fingerprint density at radius 2 is 1.62 bits per heavy atom. The summed E-state index contributed by atoms with van der Waals surface area (Å²) in [6.45, 7) is 4.47. The lowest BCUT2D eigenvalue weighted by atomic mass is 10.2. The first kappa shape index (κ1) is 17.6.